The lowest BCUT2D eigenvalue weighted by Gasteiger charge is -2.12. The van der Waals surface area contributed by atoms with E-state index in [2.05, 4.69) is 5.32 Å². The molecule has 0 bridgehead atoms. The zero-order valence-corrected chi connectivity index (χ0v) is 12.1. The van der Waals surface area contributed by atoms with Gasteiger partial charge in [-0.3, -0.25) is 4.79 Å². The first-order valence-corrected chi connectivity index (χ1v) is 6.94. The third-order valence-electron chi connectivity index (χ3n) is 3.38. The van der Waals surface area contributed by atoms with Gasteiger partial charge in [0.25, 0.3) is 5.91 Å². The Kier molecular flexibility index (Phi) is 4.67. The normalized spacial score (nSPS) is 17.5. The summed E-state index contributed by atoms with van der Waals surface area (Å²) in [6.07, 6.45) is 0.359. The molecular formula is C15H19NO5. The van der Waals surface area contributed by atoms with E-state index in [0.717, 1.165) is 12.0 Å². The van der Waals surface area contributed by atoms with Crippen molar-refractivity contribution in [1.82, 2.24) is 5.32 Å². The van der Waals surface area contributed by atoms with Gasteiger partial charge in [-0.2, -0.15) is 0 Å². The summed E-state index contributed by atoms with van der Waals surface area (Å²) in [5, 5.41) is 11.7. The first kappa shape index (κ1) is 15.2. The first-order valence-electron chi connectivity index (χ1n) is 6.94. The van der Waals surface area contributed by atoms with Crippen molar-refractivity contribution in [2.24, 2.45) is 0 Å². The number of aliphatic carboxylic acids is 1. The zero-order chi connectivity index (χ0) is 15.4. The van der Waals surface area contributed by atoms with Crippen molar-refractivity contribution < 1.29 is 24.2 Å². The molecule has 6 nitrogen and oxygen atoms in total. The van der Waals surface area contributed by atoms with E-state index in [0.29, 0.717) is 17.9 Å². The standard InChI is InChI=1S/C15H19NO5/c1-3-9(2)16-14(17)8-20-11-5-4-10-6-13(15(18)19)21-12(10)7-11/h4-5,7,9,13H,3,6,8H2,1-2H3,(H,16,17)(H,18,19). The van der Waals surface area contributed by atoms with Gasteiger partial charge < -0.3 is 19.9 Å². The Morgan fingerprint density at radius 3 is 2.95 bits per heavy atom. The molecule has 2 unspecified atom stereocenters. The SMILES string of the molecule is CCC(C)NC(=O)COc1ccc2c(c1)OC(C(=O)O)C2. The van der Waals surface area contributed by atoms with Crippen LogP contribution in [0.25, 0.3) is 0 Å². The molecule has 114 valence electrons. The summed E-state index contributed by atoms with van der Waals surface area (Å²) >= 11 is 0. The van der Waals surface area contributed by atoms with Crippen LogP contribution < -0.4 is 14.8 Å². The molecule has 0 aromatic heterocycles. The van der Waals surface area contributed by atoms with Crippen molar-refractivity contribution in [2.75, 3.05) is 6.61 Å². The highest BCUT2D eigenvalue weighted by Gasteiger charge is 2.29. The van der Waals surface area contributed by atoms with Gasteiger partial charge in [0.1, 0.15) is 11.5 Å². The Bertz CT molecular complexity index is 543. The molecule has 2 N–H and O–H groups in total. The largest absolute Gasteiger partial charge is 0.484 e. The smallest absolute Gasteiger partial charge is 0.345 e. The zero-order valence-electron chi connectivity index (χ0n) is 12.1. The molecule has 1 aliphatic rings. The summed E-state index contributed by atoms with van der Waals surface area (Å²) in [5.74, 6) is -0.183. The van der Waals surface area contributed by atoms with Gasteiger partial charge in [-0.15, -0.1) is 0 Å². The molecular weight excluding hydrogens is 274 g/mol. The van der Waals surface area contributed by atoms with E-state index in [1.54, 1.807) is 18.2 Å². The summed E-state index contributed by atoms with van der Waals surface area (Å²) in [6.45, 7) is 3.83. The van der Waals surface area contributed by atoms with Crippen molar-refractivity contribution in [1.29, 1.82) is 0 Å². The van der Waals surface area contributed by atoms with E-state index in [-0.39, 0.29) is 18.6 Å². The summed E-state index contributed by atoms with van der Waals surface area (Å²) in [5.41, 5.74) is 0.832. The quantitative estimate of drug-likeness (QED) is 0.827. The lowest BCUT2D eigenvalue weighted by Crippen LogP contribution is -2.35. The third-order valence-corrected chi connectivity index (χ3v) is 3.38. The number of nitrogens with one attached hydrogen (secondary N) is 1. The van der Waals surface area contributed by atoms with Crippen LogP contribution in [-0.4, -0.2) is 35.7 Å². The predicted octanol–water partition coefficient (Wildman–Crippen LogP) is 1.37. The lowest BCUT2D eigenvalue weighted by atomic mass is 10.1. The molecule has 21 heavy (non-hydrogen) atoms. The number of ether oxygens (including phenoxy) is 2. The minimum absolute atomic E-state index is 0.0779. The van der Waals surface area contributed by atoms with Crippen LogP contribution in [0.5, 0.6) is 11.5 Å². The Balaban J connectivity index is 1.91. The Morgan fingerprint density at radius 1 is 1.52 bits per heavy atom. The van der Waals surface area contributed by atoms with E-state index >= 15 is 0 Å². The van der Waals surface area contributed by atoms with Crippen LogP contribution in [0.15, 0.2) is 18.2 Å². The van der Waals surface area contributed by atoms with E-state index in [1.807, 2.05) is 13.8 Å². The van der Waals surface area contributed by atoms with Gasteiger partial charge in [0.2, 0.25) is 0 Å². The molecule has 2 atom stereocenters. The van der Waals surface area contributed by atoms with Crippen LogP contribution in [0, 0.1) is 0 Å². The van der Waals surface area contributed by atoms with Gasteiger partial charge in [0.05, 0.1) is 0 Å². The second-order valence-corrected chi connectivity index (χ2v) is 5.08. The van der Waals surface area contributed by atoms with Crippen LogP contribution in [0.3, 0.4) is 0 Å². The number of hydrogen-bond acceptors (Lipinski definition) is 4. The molecule has 0 saturated heterocycles. The van der Waals surface area contributed by atoms with Crippen LogP contribution in [-0.2, 0) is 16.0 Å². The molecule has 1 heterocycles. The third kappa shape index (κ3) is 3.87. The molecule has 0 saturated carbocycles. The van der Waals surface area contributed by atoms with Crippen LogP contribution >= 0.6 is 0 Å². The molecule has 0 aliphatic carbocycles. The molecule has 0 spiro atoms. The highest BCUT2D eigenvalue weighted by atomic mass is 16.5. The monoisotopic (exact) mass is 293 g/mol. The van der Waals surface area contributed by atoms with Gasteiger partial charge in [0.15, 0.2) is 12.7 Å². The Labute approximate surface area is 123 Å². The number of carbonyl (C=O) groups is 2. The summed E-state index contributed by atoms with van der Waals surface area (Å²) in [7, 11) is 0. The van der Waals surface area contributed by atoms with Crippen molar-refractivity contribution in [3.05, 3.63) is 23.8 Å². The number of fused-ring (bicyclic) bond motifs is 1. The van der Waals surface area contributed by atoms with Crippen molar-refractivity contribution in [2.45, 2.75) is 38.8 Å². The number of carboxylic acids is 1. The molecule has 1 aromatic rings. The number of rotatable bonds is 6. The minimum Gasteiger partial charge on any atom is -0.484 e. The van der Waals surface area contributed by atoms with E-state index in [1.165, 1.54) is 0 Å². The highest BCUT2D eigenvalue weighted by Crippen LogP contribution is 2.32. The van der Waals surface area contributed by atoms with Crippen LogP contribution in [0.2, 0.25) is 0 Å². The van der Waals surface area contributed by atoms with Gasteiger partial charge in [-0.05, 0) is 25.0 Å². The average molecular weight is 293 g/mol. The highest BCUT2D eigenvalue weighted by molar-refractivity contribution is 5.78. The number of amides is 1. The summed E-state index contributed by atoms with van der Waals surface area (Å²) in [4.78, 5) is 22.5. The van der Waals surface area contributed by atoms with Gasteiger partial charge in [-0.1, -0.05) is 13.0 Å². The van der Waals surface area contributed by atoms with E-state index in [9.17, 15) is 9.59 Å². The molecule has 1 aliphatic heterocycles. The molecule has 0 fully saturated rings. The second-order valence-electron chi connectivity index (χ2n) is 5.08. The van der Waals surface area contributed by atoms with Crippen LogP contribution in [0.1, 0.15) is 25.8 Å². The Morgan fingerprint density at radius 2 is 2.29 bits per heavy atom. The fraction of sp³-hybridized carbons (Fsp3) is 0.467. The minimum atomic E-state index is -0.985. The van der Waals surface area contributed by atoms with Gasteiger partial charge >= 0.3 is 5.97 Å². The van der Waals surface area contributed by atoms with Crippen LogP contribution in [0.4, 0.5) is 0 Å². The van der Waals surface area contributed by atoms with Gasteiger partial charge in [-0.25, -0.2) is 4.79 Å². The molecule has 6 heteroatoms. The van der Waals surface area contributed by atoms with Crippen molar-refractivity contribution in [3.8, 4) is 11.5 Å². The maximum atomic E-state index is 11.6. The topological polar surface area (TPSA) is 84.9 Å². The fourth-order valence-corrected chi connectivity index (χ4v) is 2.00. The number of benzene rings is 1. The summed E-state index contributed by atoms with van der Waals surface area (Å²) < 4.78 is 10.7. The molecule has 2 rings (SSSR count). The summed E-state index contributed by atoms with van der Waals surface area (Å²) in [6, 6.07) is 5.21. The number of hydrogen-bond donors (Lipinski definition) is 2. The molecule has 1 amide bonds. The number of carbonyl (C=O) groups excluding carboxylic acids is 1. The maximum Gasteiger partial charge on any atom is 0.345 e. The Hall–Kier alpha value is -2.24. The van der Waals surface area contributed by atoms with E-state index in [4.69, 9.17) is 14.6 Å². The average Bonchev–Trinajstić information content (AvgIpc) is 2.88. The fourth-order valence-electron chi connectivity index (χ4n) is 2.00. The molecule has 0 radical (unpaired) electrons. The van der Waals surface area contributed by atoms with E-state index < -0.39 is 12.1 Å². The van der Waals surface area contributed by atoms with Gasteiger partial charge in [0, 0.05) is 18.5 Å². The second kappa shape index (κ2) is 6.47. The molecule has 1 aromatic carbocycles. The predicted molar refractivity (Wildman–Crippen MR) is 75.6 cm³/mol. The van der Waals surface area contributed by atoms with Crippen molar-refractivity contribution >= 4 is 11.9 Å². The van der Waals surface area contributed by atoms with Crippen molar-refractivity contribution in [3.63, 3.8) is 0 Å². The lowest BCUT2D eigenvalue weighted by molar-refractivity contribution is -0.144. The first-order chi connectivity index (χ1) is 9.99. The number of carboxylic acid groups (broad SMARTS) is 1. The maximum absolute atomic E-state index is 11.6.